The molecule has 1 N–H and O–H groups in total. The lowest BCUT2D eigenvalue weighted by Crippen LogP contribution is -2.28. The lowest BCUT2D eigenvalue weighted by atomic mass is 9.92. The number of hydrogen-bond donors (Lipinski definition) is 1. The Hall–Kier alpha value is -2.10. The Morgan fingerprint density at radius 2 is 1.95 bits per heavy atom. The van der Waals surface area contributed by atoms with E-state index < -0.39 is 0 Å². The van der Waals surface area contributed by atoms with Gasteiger partial charge in [-0.1, -0.05) is 51.1 Å². The number of carbonyl (C=O) groups excluding carboxylic acids is 1. The van der Waals surface area contributed by atoms with Crippen molar-refractivity contribution < 1.29 is 4.79 Å². The van der Waals surface area contributed by atoms with Gasteiger partial charge in [0.05, 0.1) is 0 Å². The summed E-state index contributed by atoms with van der Waals surface area (Å²) in [5, 5.41) is 2.99. The quantitative estimate of drug-likeness (QED) is 0.830. The summed E-state index contributed by atoms with van der Waals surface area (Å²) in [5.74, 6) is 1.10. The second-order valence-corrected chi connectivity index (χ2v) is 6.75. The highest BCUT2D eigenvalue weighted by Gasteiger charge is 2.15. The highest BCUT2D eigenvalue weighted by molar-refractivity contribution is 5.76. The maximum Gasteiger partial charge on any atom is 0.220 e. The molecule has 0 radical (unpaired) electrons. The zero-order valence-electron chi connectivity index (χ0n) is 13.7. The topological polar surface area (TPSA) is 46.9 Å². The van der Waals surface area contributed by atoms with Gasteiger partial charge in [-0.15, -0.1) is 0 Å². The van der Waals surface area contributed by atoms with E-state index in [-0.39, 0.29) is 11.3 Å². The first-order valence-electron chi connectivity index (χ1n) is 7.79. The van der Waals surface area contributed by atoms with Crippen molar-refractivity contribution in [2.45, 2.75) is 40.2 Å². The molecule has 0 unspecified atom stereocenters. The van der Waals surface area contributed by atoms with Gasteiger partial charge in [0.2, 0.25) is 5.91 Å². The molecule has 0 bridgehead atoms. The fourth-order valence-electron chi connectivity index (χ4n) is 2.36. The highest BCUT2D eigenvalue weighted by atomic mass is 16.1. The van der Waals surface area contributed by atoms with Crippen LogP contribution in [0.3, 0.4) is 0 Å². The molecular formula is C18H25N3O. The first-order chi connectivity index (χ1) is 10.5. The summed E-state index contributed by atoms with van der Waals surface area (Å²) >= 11 is 0. The van der Waals surface area contributed by atoms with Gasteiger partial charge in [-0.05, 0) is 11.8 Å². The summed E-state index contributed by atoms with van der Waals surface area (Å²) in [6.07, 6.45) is 5.26. The van der Waals surface area contributed by atoms with Crippen LogP contribution < -0.4 is 5.32 Å². The van der Waals surface area contributed by atoms with E-state index in [0.717, 1.165) is 24.4 Å². The Labute approximate surface area is 132 Å². The van der Waals surface area contributed by atoms with Crippen molar-refractivity contribution in [1.82, 2.24) is 14.9 Å². The van der Waals surface area contributed by atoms with Crippen LogP contribution in [0.2, 0.25) is 0 Å². The Bertz CT molecular complexity index is 596. The van der Waals surface area contributed by atoms with Crippen LogP contribution in [0.5, 0.6) is 0 Å². The van der Waals surface area contributed by atoms with Crippen molar-refractivity contribution in [1.29, 1.82) is 0 Å². The molecule has 22 heavy (non-hydrogen) atoms. The number of nitrogens with zero attached hydrogens (tertiary/aromatic N) is 2. The number of aromatic nitrogens is 2. The molecule has 1 aromatic heterocycles. The average molecular weight is 299 g/mol. The minimum absolute atomic E-state index is 0.0366. The van der Waals surface area contributed by atoms with Gasteiger partial charge in [-0.2, -0.15) is 0 Å². The van der Waals surface area contributed by atoms with Gasteiger partial charge in [0.15, 0.2) is 0 Å². The Morgan fingerprint density at radius 3 is 2.64 bits per heavy atom. The number of rotatable bonds is 6. The third-order valence-corrected chi connectivity index (χ3v) is 3.34. The monoisotopic (exact) mass is 299 g/mol. The molecule has 118 valence electrons. The number of imidazole rings is 1. The molecule has 1 aromatic carbocycles. The summed E-state index contributed by atoms with van der Waals surface area (Å²) < 4.78 is 2.13. The van der Waals surface area contributed by atoms with E-state index >= 15 is 0 Å². The minimum atomic E-state index is 0.0366. The number of amides is 1. The molecular weight excluding hydrogens is 274 g/mol. The largest absolute Gasteiger partial charge is 0.356 e. The number of aryl methyl sites for hydroxylation is 1. The van der Waals surface area contributed by atoms with E-state index in [0.29, 0.717) is 13.0 Å². The van der Waals surface area contributed by atoms with Gasteiger partial charge in [0.25, 0.3) is 0 Å². The zero-order valence-corrected chi connectivity index (χ0v) is 13.7. The van der Waals surface area contributed by atoms with Crippen LogP contribution in [-0.4, -0.2) is 22.0 Å². The molecule has 0 aliphatic heterocycles. The molecule has 2 rings (SSSR count). The predicted octanol–water partition coefficient (Wildman–Crippen LogP) is 3.49. The lowest BCUT2D eigenvalue weighted by Gasteiger charge is -2.17. The summed E-state index contributed by atoms with van der Waals surface area (Å²) in [6, 6.07) is 10.2. The number of benzene rings is 1. The van der Waals surface area contributed by atoms with E-state index in [1.807, 2.05) is 30.6 Å². The SMILES string of the molecule is CC(C)(C)CC(=O)NCCCn1ccnc1-c1ccccc1. The van der Waals surface area contributed by atoms with Crippen molar-refractivity contribution in [2.75, 3.05) is 6.54 Å². The average Bonchev–Trinajstić information content (AvgIpc) is 2.91. The van der Waals surface area contributed by atoms with Crippen LogP contribution in [0.25, 0.3) is 11.4 Å². The van der Waals surface area contributed by atoms with E-state index in [4.69, 9.17) is 0 Å². The minimum Gasteiger partial charge on any atom is -0.356 e. The lowest BCUT2D eigenvalue weighted by molar-refractivity contribution is -0.122. The molecule has 1 amide bonds. The van der Waals surface area contributed by atoms with Crippen molar-refractivity contribution in [2.24, 2.45) is 5.41 Å². The van der Waals surface area contributed by atoms with Gasteiger partial charge >= 0.3 is 0 Å². The molecule has 0 aliphatic rings. The molecule has 0 atom stereocenters. The zero-order chi connectivity index (χ0) is 16.0. The van der Waals surface area contributed by atoms with Crippen LogP contribution in [0.4, 0.5) is 0 Å². The number of hydrogen-bond acceptors (Lipinski definition) is 2. The van der Waals surface area contributed by atoms with Crippen LogP contribution in [0, 0.1) is 5.41 Å². The molecule has 1 heterocycles. The maximum absolute atomic E-state index is 11.8. The van der Waals surface area contributed by atoms with Crippen LogP contribution in [0.15, 0.2) is 42.7 Å². The number of nitrogens with one attached hydrogen (secondary N) is 1. The van der Waals surface area contributed by atoms with Crippen molar-refractivity contribution in [3.05, 3.63) is 42.7 Å². The van der Waals surface area contributed by atoms with Crippen molar-refractivity contribution in [3.63, 3.8) is 0 Å². The molecule has 2 aromatic rings. The number of carbonyl (C=O) groups is 1. The van der Waals surface area contributed by atoms with Gasteiger partial charge in [-0.3, -0.25) is 4.79 Å². The van der Waals surface area contributed by atoms with E-state index in [2.05, 4.69) is 47.8 Å². The molecule has 4 heteroatoms. The summed E-state index contributed by atoms with van der Waals surface area (Å²) in [5.41, 5.74) is 1.15. The standard InChI is InChI=1S/C18H25N3O/c1-18(2,3)14-16(22)19-10-7-12-21-13-11-20-17(21)15-8-5-4-6-9-15/h4-6,8-9,11,13H,7,10,12,14H2,1-3H3,(H,19,22). The van der Waals surface area contributed by atoms with Crippen molar-refractivity contribution >= 4 is 5.91 Å². The van der Waals surface area contributed by atoms with Crippen LogP contribution in [0.1, 0.15) is 33.6 Å². The predicted molar refractivity (Wildman–Crippen MR) is 89.4 cm³/mol. The highest BCUT2D eigenvalue weighted by Crippen LogP contribution is 2.18. The van der Waals surface area contributed by atoms with Crippen molar-refractivity contribution in [3.8, 4) is 11.4 Å². The van der Waals surface area contributed by atoms with E-state index in [9.17, 15) is 4.79 Å². The fourth-order valence-corrected chi connectivity index (χ4v) is 2.36. The smallest absolute Gasteiger partial charge is 0.220 e. The van der Waals surface area contributed by atoms with E-state index in [1.54, 1.807) is 0 Å². The summed E-state index contributed by atoms with van der Waals surface area (Å²) in [7, 11) is 0. The summed E-state index contributed by atoms with van der Waals surface area (Å²) in [4.78, 5) is 16.2. The molecule has 0 spiro atoms. The first kappa shape index (κ1) is 16.3. The second-order valence-electron chi connectivity index (χ2n) is 6.75. The molecule has 0 saturated heterocycles. The van der Waals surface area contributed by atoms with Gasteiger partial charge in [-0.25, -0.2) is 4.98 Å². The maximum atomic E-state index is 11.8. The van der Waals surface area contributed by atoms with Crippen LogP contribution >= 0.6 is 0 Å². The normalized spacial score (nSPS) is 11.4. The van der Waals surface area contributed by atoms with Gasteiger partial charge in [0.1, 0.15) is 5.82 Å². The Balaban J connectivity index is 1.82. The second kappa shape index (κ2) is 7.25. The first-order valence-corrected chi connectivity index (χ1v) is 7.79. The summed E-state index contributed by atoms with van der Waals surface area (Å²) in [6.45, 7) is 7.76. The molecule has 0 fully saturated rings. The molecule has 4 nitrogen and oxygen atoms in total. The third kappa shape index (κ3) is 5.02. The molecule has 0 aliphatic carbocycles. The third-order valence-electron chi connectivity index (χ3n) is 3.34. The molecule has 0 saturated carbocycles. The Kier molecular flexibility index (Phi) is 5.36. The van der Waals surface area contributed by atoms with Gasteiger partial charge in [0, 0.05) is 37.5 Å². The van der Waals surface area contributed by atoms with E-state index in [1.165, 1.54) is 0 Å². The Morgan fingerprint density at radius 1 is 1.23 bits per heavy atom. The van der Waals surface area contributed by atoms with Crippen LogP contribution in [-0.2, 0) is 11.3 Å². The van der Waals surface area contributed by atoms with Gasteiger partial charge < -0.3 is 9.88 Å². The fraction of sp³-hybridized carbons (Fsp3) is 0.444.